The quantitative estimate of drug-likeness (QED) is 0.0258. The molecule has 23 heteroatoms. The van der Waals surface area contributed by atoms with E-state index in [2.05, 4.69) is 88.1 Å². The third kappa shape index (κ3) is 25.1. The van der Waals surface area contributed by atoms with Crippen LogP contribution in [-0.4, -0.2) is 99.1 Å². The number of nitrogens with two attached hydrogens (primary N) is 2. The predicted octanol–water partition coefficient (Wildman–Crippen LogP) is 13.6. The maximum Gasteiger partial charge on any atom is 2.00 e. The summed E-state index contributed by atoms with van der Waals surface area (Å²) in [6.07, 6.45) is 2.04. The van der Waals surface area contributed by atoms with Gasteiger partial charge < -0.3 is 53.3 Å². The maximum absolute atomic E-state index is 13.1. The number of nitrogens with zero attached hydrogens (tertiary/aromatic N) is 7. The molecule has 2 aromatic heterocycles. The Morgan fingerprint density at radius 2 is 1.19 bits per heavy atom. The van der Waals surface area contributed by atoms with E-state index in [1.807, 2.05) is 24.3 Å². The first-order chi connectivity index (χ1) is 44.7. The fraction of sp³-hybridized carbons (Fsp3) is 0.192. The number of halogens is 4. The van der Waals surface area contributed by atoms with Crippen molar-refractivity contribution in [1.29, 1.82) is 5.26 Å². The van der Waals surface area contributed by atoms with Crippen molar-refractivity contribution < 1.29 is 46.7 Å². The molecule has 16 nitrogen and oxygen atoms in total. The van der Waals surface area contributed by atoms with E-state index in [1.54, 1.807) is 178 Å². The Labute approximate surface area is 606 Å². The number of aromatic carboxylic acids is 1. The van der Waals surface area contributed by atoms with Crippen LogP contribution in [0.3, 0.4) is 0 Å². The number of aliphatic hydroxyl groups is 2. The number of nitrogen functional groups attached to an aromatic ring is 1. The number of carbonyl (C=O) groups excluding carboxylic acids is 2. The molecule has 0 saturated heterocycles. The molecule has 1 aliphatic rings. The molecule has 1 aliphatic carbocycles. The summed E-state index contributed by atoms with van der Waals surface area (Å²) < 4.78 is 5.54. The van der Waals surface area contributed by atoms with Gasteiger partial charge in [-0.3, -0.25) is 9.59 Å². The number of amides is 1. The Hall–Kier alpha value is -8.20. The normalized spacial score (nSPS) is 11.7. The number of nitrogens with one attached hydrogen (secondary N) is 1. The number of hydrogen-bond acceptors (Lipinski definition) is 11. The average Bonchev–Trinajstić information content (AvgIpc) is 1.48. The number of carboxylic acids is 1. The zero-order valence-electron chi connectivity index (χ0n) is 54.6. The second kappa shape index (κ2) is 38.5. The number of aliphatic hydroxyl groups excluding tert-OH is 2. The third-order valence-electron chi connectivity index (χ3n) is 13.9. The van der Waals surface area contributed by atoms with Crippen molar-refractivity contribution in [3.05, 3.63) is 295 Å². The van der Waals surface area contributed by atoms with Crippen molar-refractivity contribution in [3.8, 4) is 17.4 Å². The van der Waals surface area contributed by atoms with Gasteiger partial charge in [-0.1, -0.05) is 159 Å². The number of nitriles is 1. The molecule has 8 aromatic carbocycles. The fourth-order valence-electron chi connectivity index (χ4n) is 9.69. The molecule has 1 amide bonds. The molecular weight excluding hydrogens is 1380 g/mol. The minimum Gasteiger partial charge on any atom is -1.00 e. The van der Waals surface area contributed by atoms with E-state index in [1.165, 1.54) is 34.0 Å². The summed E-state index contributed by atoms with van der Waals surface area (Å²) in [6, 6.07) is 65.4. The second-order valence-electron chi connectivity index (χ2n) is 23.7. The van der Waals surface area contributed by atoms with Crippen LogP contribution in [0, 0.1) is 43.7 Å². The minimum atomic E-state index is -1.29. The first kappa shape index (κ1) is 80.2. The first-order valence-corrected chi connectivity index (χ1v) is 37.9. The molecule has 0 bridgehead atoms. The monoisotopic (exact) mass is 1450 g/mol. The van der Waals surface area contributed by atoms with E-state index < -0.39 is 34.6 Å². The van der Waals surface area contributed by atoms with Crippen LogP contribution >= 0.6 is 34.8 Å². The predicted molar refractivity (Wildman–Crippen MR) is 390 cm³/mol. The molecule has 492 valence electrons. The summed E-state index contributed by atoms with van der Waals surface area (Å²) in [6.45, 7) is 26.1. The number of rotatable bonds is 14. The van der Waals surface area contributed by atoms with Crippen LogP contribution in [0.1, 0.15) is 95.6 Å². The zero-order chi connectivity index (χ0) is 68.7. The van der Waals surface area contributed by atoms with Crippen molar-refractivity contribution in [1.82, 2.24) is 19.6 Å². The number of aromatic nitrogens is 4. The van der Waals surface area contributed by atoms with Crippen LogP contribution in [0.4, 0.5) is 22.7 Å². The van der Waals surface area contributed by atoms with Crippen LogP contribution in [0.15, 0.2) is 206 Å². The molecule has 2 heterocycles. The molecule has 8 N–H and O–H groups in total. The fourth-order valence-corrected chi connectivity index (χ4v) is 19.9. The molecule has 1 fully saturated rings. The number of hydrogen-bond donors (Lipinski definition) is 6. The third-order valence-corrected chi connectivity index (χ3v) is 21.9. The summed E-state index contributed by atoms with van der Waals surface area (Å²) >= 11 is 17.3. The van der Waals surface area contributed by atoms with E-state index in [0.29, 0.717) is 82.8 Å². The molecular formula is C73H76BrCl3MgN10O6Si2. The van der Waals surface area contributed by atoms with Crippen molar-refractivity contribution in [3.63, 3.8) is 0 Å². The molecule has 2 unspecified atom stereocenters. The Morgan fingerprint density at radius 1 is 0.698 bits per heavy atom. The topological polar surface area (TPSA) is 243 Å². The van der Waals surface area contributed by atoms with Gasteiger partial charge in [-0.2, -0.15) is 45.8 Å². The van der Waals surface area contributed by atoms with Gasteiger partial charge in [0.05, 0.1) is 41.0 Å². The van der Waals surface area contributed by atoms with Gasteiger partial charge in [0.1, 0.15) is 40.7 Å². The summed E-state index contributed by atoms with van der Waals surface area (Å²) in [5.41, 5.74) is 20.9. The van der Waals surface area contributed by atoms with Gasteiger partial charge in [-0.25, -0.2) is 19.0 Å². The van der Waals surface area contributed by atoms with Crippen molar-refractivity contribution in [2.24, 2.45) is 11.7 Å². The molecule has 96 heavy (non-hydrogen) atoms. The Kier molecular flexibility index (Phi) is 32.2. The van der Waals surface area contributed by atoms with Gasteiger partial charge >= 0.3 is 29.0 Å². The van der Waals surface area contributed by atoms with E-state index >= 15 is 0 Å². The van der Waals surface area contributed by atoms with Crippen molar-refractivity contribution >= 4 is 115 Å². The summed E-state index contributed by atoms with van der Waals surface area (Å²) in [4.78, 5) is 37.6. The van der Waals surface area contributed by atoms with Gasteiger partial charge in [0.2, 0.25) is 0 Å². The van der Waals surface area contributed by atoms with Gasteiger partial charge in [0.15, 0.2) is 11.4 Å². The Morgan fingerprint density at radius 3 is 1.65 bits per heavy atom. The maximum atomic E-state index is 13.1. The number of carbonyl (C=O) groups is 3. The standard InChI is InChI=1S/C25H19ClN4O2.C13H12ClNO.C12H9N3O2.C12H22NSi2.C7H5ClO.C4H9N.BrH.Mg/c1-16-13-23(30(29-16)22-8-4-6-20(15-22)27-2)25(32)28-21-7-3-5-18(14-21)24(31)17-9-11-19(26)12-10-17;14-11-6-4-9(5-7-11)13(16)10-2-1-3-12(15)8-10;1-8-5-11(12(16)17)15(14-8)10-4-2-3-9(6-10)7-13;1-14(2,3)13(15(4,5)6)12-10-8-7-9-11-12;8-7-3-1-6(5-9)2-4-7;5-3-4-1-2-4;;/h3-15,24,31H,1H3,(H,28,32);1-8,13,16H,15H2;2-6H,1H3,(H,16,17);7-8,10-11H,1-6H3;1-5H;4H,1-3,5H2;1H;/q;;;-1;;;;+2/p-1. The van der Waals surface area contributed by atoms with Gasteiger partial charge in [0.25, 0.3) is 5.91 Å². The van der Waals surface area contributed by atoms with Crippen LogP contribution in [-0.2, 0) is 0 Å². The van der Waals surface area contributed by atoms with Crippen LogP contribution in [0.2, 0.25) is 54.3 Å². The van der Waals surface area contributed by atoms with Crippen molar-refractivity contribution in [2.75, 3.05) is 21.8 Å². The zero-order valence-corrected chi connectivity index (χ0v) is 61.9. The van der Waals surface area contributed by atoms with Gasteiger partial charge in [-0.15, -0.1) is 0 Å². The number of aryl methyl sites for hydroxylation is 2. The summed E-state index contributed by atoms with van der Waals surface area (Å²) in [5, 5.41) is 51.9. The van der Waals surface area contributed by atoms with Crippen LogP contribution in [0.25, 0.3) is 16.2 Å². The molecule has 1 saturated carbocycles. The second-order valence-corrected chi connectivity index (χ2v) is 35.0. The first-order valence-electron chi connectivity index (χ1n) is 29.9. The minimum absolute atomic E-state index is 0. The number of benzene rings is 8. The van der Waals surface area contributed by atoms with Gasteiger partial charge in [0, 0.05) is 32.0 Å². The van der Waals surface area contributed by atoms with Crippen LogP contribution < -0.4 is 38.0 Å². The summed E-state index contributed by atoms with van der Waals surface area (Å²) in [7, 11) is -2.58. The Bertz CT molecular complexity index is 4200. The molecule has 0 spiro atoms. The number of anilines is 3. The Balaban J connectivity index is 0.000000263. The molecule has 11 rings (SSSR count). The average molecular weight is 1460 g/mol. The largest absolute Gasteiger partial charge is 2.00 e. The van der Waals surface area contributed by atoms with E-state index in [9.17, 15) is 24.6 Å². The smallest absolute Gasteiger partial charge is 1.00 e. The number of carboxylic acid groups (broad SMARTS) is 1. The van der Waals surface area contributed by atoms with Gasteiger partial charge in [-0.05, 0) is 165 Å². The number of aldehydes is 1. The van der Waals surface area contributed by atoms with Crippen LogP contribution in [0.5, 0.6) is 0 Å². The summed E-state index contributed by atoms with van der Waals surface area (Å²) in [5.74, 6) is -0.486. The molecule has 10 aromatic rings. The van der Waals surface area contributed by atoms with Crippen molar-refractivity contribution in [2.45, 2.75) is 78.2 Å². The molecule has 0 aliphatic heterocycles. The van der Waals surface area contributed by atoms with E-state index in [4.69, 9.17) is 63.2 Å². The SMILES string of the molecule is C[Si](C)(C)N(c1c[c-]ccc1)[Si](C)(C)C.Cc1cc(C(=O)O)n(-c2cccc(C#N)c2)n1.NCC1CC1.Nc1cccc(C(O)c2ccc(Cl)cc2)c1.O=Cc1ccc(Cl)cc1.[Br-].[C-]#[N+]c1cccc(-n2nc(C)cc2C(=O)Nc2cccc(C(O)c3ccc(Cl)cc3)c2)c1.[Mg+2]. The molecule has 0 radical (unpaired) electrons. The molecule has 2 atom stereocenters. The van der Waals surface area contributed by atoms with E-state index in [-0.39, 0.29) is 51.6 Å². The van der Waals surface area contributed by atoms with E-state index in [0.717, 1.165) is 29.9 Å².